The van der Waals surface area contributed by atoms with Gasteiger partial charge in [0.1, 0.15) is 0 Å². The van der Waals surface area contributed by atoms with Gasteiger partial charge < -0.3 is 0 Å². The standard InChI is InChI=1S/C12H25NS/c1-10(2)7-8-11-6-5-9-13(11)12(3,4)14/h10-11,14H,5-9H2,1-4H3. The predicted molar refractivity (Wildman–Crippen MR) is 66.9 cm³/mol. The van der Waals surface area contributed by atoms with Crippen LogP contribution in [0.5, 0.6) is 0 Å². The highest BCUT2D eigenvalue weighted by atomic mass is 32.1. The summed E-state index contributed by atoms with van der Waals surface area (Å²) >= 11 is 4.68. The Kier molecular flexibility index (Phi) is 4.32. The minimum absolute atomic E-state index is 0.0676. The first-order valence-corrected chi connectivity index (χ1v) is 6.35. The quantitative estimate of drug-likeness (QED) is 0.702. The maximum Gasteiger partial charge on any atom is 0.0585 e. The van der Waals surface area contributed by atoms with Gasteiger partial charge in [0.15, 0.2) is 0 Å². The molecule has 0 aromatic rings. The lowest BCUT2D eigenvalue weighted by Crippen LogP contribution is -2.42. The molecule has 0 aromatic carbocycles. The molecule has 84 valence electrons. The van der Waals surface area contributed by atoms with Crippen molar-refractivity contribution in [2.75, 3.05) is 6.54 Å². The molecule has 1 nitrogen and oxygen atoms in total. The van der Waals surface area contributed by atoms with E-state index in [1.165, 1.54) is 32.2 Å². The van der Waals surface area contributed by atoms with Gasteiger partial charge in [-0.05, 0) is 52.0 Å². The highest BCUT2D eigenvalue weighted by molar-refractivity contribution is 7.81. The largest absolute Gasteiger partial charge is 0.287 e. The molecule has 0 spiro atoms. The third-order valence-electron chi connectivity index (χ3n) is 3.16. The summed E-state index contributed by atoms with van der Waals surface area (Å²) in [5, 5.41) is 0. The fourth-order valence-corrected chi connectivity index (χ4v) is 2.65. The molecule has 1 heterocycles. The summed E-state index contributed by atoms with van der Waals surface area (Å²) in [6.07, 6.45) is 5.43. The molecule has 1 unspecified atom stereocenters. The molecule has 1 aliphatic heterocycles. The summed E-state index contributed by atoms with van der Waals surface area (Å²) in [6.45, 7) is 10.3. The van der Waals surface area contributed by atoms with E-state index < -0.39 is 0 Å². The second kappa shape index (κ2) is 4.89. The Bertz CT molecular complexity index is 172. The van der Waals surface area contributed by atoms with E-state index in [1.54, 1.807) is 0 Å². The van der Waals surface area contributed by atoms with Gasteiger partial charge in [0.2, 0.25) is 0 Å². The fraction of sp³-hybridized carbons (Fsp3) is 1.00. The molecule has 14 heavy (non-hydrogen) atoms. The second-order valence-corrected chi connectivity index (χ2v) is 6.55. The maximum absolute atomic E-state index is 4.68. The molecule has 0 amide bonds. The van der Waals surface area contributed by atoms with Gasteiger partial charge in [-0.15, -0.1) is 0 Å². The van der Waals surface area contributed by atoms with Gasteiger partial charge >= 0.3 is 0 Å². The minimum Gasteiger partial charge on any atom is -0.287 e. The Morgan fingerprint density at radius 3 is 2.57 bits per heavy atom. The summed E-state index contributed by atoms with van der Waals surface area (Å²) in [5.74, 6) is 0.834. The molecule has 0 radical (unpaired) electrons. The van der Waals surface area contributed by atoms with Crippen molar-refractivity contribution in [1.82, 2.24) is 4.90 Å². The minimum atomic E-state index is 0.0676. The van der Waals surface area contributed by atoms with Gasteiger partial charge in [0.25, 0.3) is 0 Å². The second-order valence-electron chi connectivity index (χ2n) is 5.46. The summed E-state index contributed by atoms with van der Waals surface area (Å²) in [6, 6.07) is 0.782. The van der Waals surface area contributed by atoms with E-state index in [2.05, 4.69) is 45.2 Å². The number of thiol groups is 1. The van der Waals surface area contributed by atoms with Gasteiger partial charge in [0, 0.05) is 6.04 Å². The summed E-state index contributed by atoms with van der Waals surface area (Å²) in [7, 11) is 0. The van der Waals surface area contributed by atoms with E-state index in [9.17, 15) is 0 Å². The van der Waals surface area contributed by atoms with Crippen LogP contribution in [0, 0.1) is 5.92 Å². The molecule has 1 fully saturated rings. The first-order valence-electron chi connectivity index (χ1n) is 5.90. The van der Waals surface area contributed by atoms with Crippen LogP contribution in [0.15, 0.2) is 0 Å². The van der Waals surface area contributed by atoms with E-state index in [-0.39, 0.29) is 4.87 Å². The lowest BCUT2D eigenvalue weighted by Gasteiger charge is -2.36. The first-order chi connectivity index (χ1) is 6.41. The van der Waals surface area contributed by atoms with E-state index >= 15 is 0 Å². The van der Waals surface area contributed by atoms with Crippen molar-refractivity contribution < 1.29 is 0 Å². The Morgan fingerprint density at radius 1 is 1.43 bits per heavy atom. The monoisotopic (exact) mass is 215 g/mol. The topological polar surface area (TPSA) is 3.24 Å². The van der Waals surface area contributed by atoms with Crippen molar-refractivity contribution >= 4 is 12.6 Å². The summed E-state index contributed by atoms with van der Waals surface area (Å²) in [4.78, 5) is 2.64. The Hall–Kier alpha value is 0.310. The zero-order valence-electron chi connectivity index (χ0n) is 10.1. The van der Waals surface area contributed by atoms with E-state index in [1.807, 2.05) is 0 Å². The van der Waals surface area contributed by atoms with Crippen LogP contribution in [-0.4, -0.2) is 22.4 Å². The predicted octanol–water partition coefficient (Wildman–Crippen LogP) is 3.55. The van der Waals surface area contributed by atoms with Crippen molar-refractivity contribution in [2.24, 2.45) is 5.92 Å². The van der Waals surface area contributed by atoms with Gasteiger partial charge in [-0.3, -0.25) is 4.90 Å². The van der Waals surface area contributed by atoms with Crippen LogP contribution in [-0.2, 0) is 0 Å². The first kappa shape index (κ1) is 12.4. The number of hydrogen-bond donors (Lipinski definition) is 1. The van der Waals surface area contributed by atoms with Crippen molar-refractivity contribution in [3.63, 3.8) is 0 Å². The Labute approximate surface area is 94.7 Å². The average molecular weight is 215 g/mol. The lowest BCUT2D eigenvalue weighted by molar-refractivity contribution is 0.167. The average Bonchev–Trinajstić information content (AvgIpc) is 2.46. The van der Waals surface area contributed by atoms with Crippen LogP contribution in [0.2, 0.25) is 0 Å². The van der Waals surface area contributed by atoms with Crippen LogP contribution < -0.4 is 0 Å². The van der Waals surface area contributed by atoms with Crippen molar-refractivity contribution in [3.05, 3.63) is 0 Å². The van der Waals surface area contributed by atoms with Gasteiger partial charge in [-0.1, -0.05) is 13.8 Å². The van der Waals surface area contributed by atoms with Crippen LogP contribution in [0.25, 0.3) is 0 Å². The van der Waals surface area contributed by atoms with Gasteiger partial charge in [0.05, 0.1) is 4.87 Å². The Balaban J connectivity index is 2.43. The maximum atomic E-state index is 4.68. The molecule has 0 aromatic heterocycles. The molecule has 0 aliphatic carbocycles. The lowest BCUT2D eigenvalue weighted by atomic mass is 10.0. The molecule has 2 heteroatoms. The molecule has 0 bridgehead atoms. The molecule has 1 rings (SSSR count). The third kappa shape index (κ3) is 3.47. The summed E-state index contributed by atoms with van der Waals surface area (Å²) < 4.78 is 0. The SMILES string of the molecule is CC(C)CCC1CCCN1C(C)(C)S. The molecule has 1 saturated heterocycles. The zero-order chi connectivity index (χ0) is 10.8. The number of nitrogens with zero attached hydrogens (tertiary/aromatic N) is 1. The van der Waals surface area contributed by atoms with Gasteiger partial charge in [-0.25, -0.2) is 0 Å². The normalized spacial score (nSPS) is 24.9. The van der Waals surface area contributed by atoms with Crippen LogP contribution in [0.4, 0.5) is 0 Å². The van der Waals surface area contributed by atoms with Crippen LogP contribution >= 0.6 is 12.6 Å². The van der Waals surface area contributed by atoms with Crippen LogP contribution in [0.1, 0.15) is 53.4 Å². The number of likely N-dealkylation sites (tertiary alicyclic amines) is 1. The third-order valence-corrected chi connectivity index (χ3v) is 3.41. The van der Waals surface area contributed by atoms with Crippen LogP contribution in [0.3, 0.4) is 0 Å². The molecule has 1 aliphatic rings. The molecular weight excluding hydrogens is 190 g/mol. The molecular formula is C12H25NS. The van der Waals surface area contributed by atoms with E-state index in [4.69, 9.17) is 0 Å². The summed E-state index contributed by atoms with van der Waals surface area (Å²) in [5.41, 5.74) is 0. The molecule has 0 N–H and O–H groups in total. The van der Waals surface area contributed by atoms with Crippen molar-refractivity contribution in [2.45, 2.75) is 64.3 Å². The van der Waals surface area contributed by atoms with Crippen molar-refractivity contribution in [3.8, 4) is 0 Å². The highest BCUT2D eigenvalue weighted by Gasteiger charge is 2.32. The zero-order valence-corrected chi connectivity index (χ0v) is 11.0. The highest BCUT2D eigenvalue weighted by Crippen LogP contribution is 2.31. The fourth-order valence-electron chi connectivity index (χ4n) is 2.38. The number of hydrogen-bond acceptors (Lipinski definition) is 2. The van der Waals surface area contributed by atoms with E-state index in [0.717, 1.165) is 12.0 Å². The molecule has 1 atom stereocenters. The van der Waals surface area contributed by atoms with E-state index in [0.29, 0.717) is 0 Å². The van der Waals surface area contributed by atoms with Gasteiger partial charge in [-0.2, -0.15) is 12.6 Å². The van der Waals surface area contributed by atoms with Crippen molar-refractivity contribution in [1.29, 1.82) is 0 Å². The smallest absolute Gasteiger partial charge is 0.0585 e. The molecule has 0 saturated carbocycles. The number of rotatable bonds is 4. The Morgan fingerprint density at radius 2 is 2.07 bits per heavy atom.